The van der Waals surface area contributed by atoms with Crippen molar-refractivity contribution < 1.29 is 9.90 Å². The summed E-state index contributed by atoms with van der Waals surface area (Å²) in [6, 6.07) is 7.64. The van der Waals surface area contributed by atoms with Gasteiger partial charge in [0.2, 0.25) is 0 Å². The van der Waals surface area contributed by atoms with Gasteiger partial charge < -0.3 is 14.9 Å². The van der Waals surface area contributed by atoms with Crippen molar-refractivity contribution in [1.29, 1.82) is 0 Å². The van der Waals surface area contributed by atoms with Crippen LogP contribution in [0.5, 0.6) is 0 Å². The number of piperazine rings is 1. The largest absolute Gasteiger partial charge is 0.390 e. The van der Waals surface area contributed by atoms with Crippen LogP contribution in [0, 0.1) is 0 Å². The number of benzene rings is 1. The van der Waals surface area contributed by atoms with E-state index in [9.17, 15) is 9.90 Å². The first-order valence-electron chi connectivity index (χ1n) is 9.01. The second-order valence-electron chi connectivity index (χ2n) is 7.10. The molecular formula is C19H24N4O2S. The predicted molar refractivity (Wildman–Crippen MR) is 102 cm³/mol. The van der Waals surface area contributed by atoms with E-state index in [4.69, 9.17) is 0 Å². The lowest BCUT2D eigenvalue weighted by Gasteiger charge is -2.37. The number of carbonyl (C=O) groups is 1. The molecule has 2 aliphatic rings. The van der Waals surface area contributed by atoms with Crippen LogP contribution in [-0.4, -0.2) is 89.2 Å². The molecule has 2 unspecified atom stereocenters. The summed E-state index contributed by atoms with van der Waals surface area (Å²) < 4.78 is 0. The highest BCUT2D eigenvalue weighted by molar-refractivity contribution is 7.13. The number of rotatable bonds is 3. The number of likely N-dealkylation sites (N-methyl/N-ethyl adjacent to an activating group) is 1. The third-order valence-corrected chi connectivity index (χ3v) is 6.19. The number of aromatic nitrogens is 1. The Balaban J connectivity index is 1.42. The molecule has 0 aliphatic carbocycles. The van der Waals surface area contributed by atoms with E-state index in [1.807, 2.05) is 29.6 Å². The summed E-state index contributed by atoms with van der Waals surface area (Å²) in [4.78, 5) is 23.5. The Kier molecular flexibility index (Phi) is 5.04. The number of thiazole rings is 1. The van der Waals surface area contributed by atoms with Crippen molar-refractivity contribution in [2.24, 2.45) is 0 Å². The molecule has 26 heavy (non-hydrogen) atoms. The fraction of sp³-hybridized carbons (Fsp3) is 0.474. The van der Waals surface area contributed by atoms with Crippen LogP contribution in [0.1, 0.15) is 10.4 Å². The Hall–Kier alpha value is -1.80. The first-order chi connectivity index (χ1) is 12.6. The quantitative estimate of drug-likeness (QED) is 0.879. The molecule has 4 rings (SSSR count). The number of carbonyl (C=O) groups excluding carboxylic acids is 1. The number of likely N-dealkylation sites (tertiary alicyclic amines) is 1. The topological polar surface area (TPSA) is 59.9 Å². The maximum absolute atomic E-state index is 12.8. The number of nitrogens with zero attached hydrogens (tertiary/aromatic N) is 4. The second-order valence-corrected chi connectivity index (χ2v) is 7.99. The molecule has 1 N–H and O–H groups in total. The number of β-amino-alcohol motifs (C(OH)–C–C–N with tert-alkyl or cyclic N) is 1. The van der Waals surface area contributed by atoms with Gasteiger partial charge in [-0.1, -0.05) is 12.1 Å². The molecule has 7 heteroatoms. The summed E-state index contributed by atoms with van der Waals surface area (Å²) in [5.41, 5.74) is 1.69. The molecule has 2 aliphatic heterocycles. The van der Waals surface area contributed by atoms with E-state index in [2.05, 4.69) is 21.8 Å². The van der Waals surface area contributed by atoms with Crippen molar-refractivity contribution in [3.05, 3.63) is 41.4 Å². The predicted octanol–water partition coefficient (Wildman–Crippen LogP) is 1.24. The third-order valence-electron chi connectivity index (χ3n) is 5.36. The summed E-state index contributed by atoms with van der Waals surface area (Å²) in [7, 11) is 2.12. The molecule has 2 saturated heterocycles. The Bertz CT molecular complexity index is 741. The van der Waals surface area contributed by atoms with Gasteiger partial charge in [-0.25, -0.2) is 4.98 Å². The lowest BCUT2D eigenvalue weighted by molar-refractivity contribution is 0.0512. The normalized spacial score (nSPS) is 24.9. The summed E-state index contributed by atoms with van der Waals surface area (Å²) in [6.07, 6.45) is 1.31. The van der Waals surface area contributed by atoms with Gasteiger partial charge in [0.1, 0.15) is 5.01 Å². The van der Waals surface area contributed by atoms with Crippen molar-refractivity contribution >= 4 is 17.2 Å². The molecule has 0 bridgehead atoms. The van der Waals surface area contributed by atoms with Crippen LogP contribution in [0.15, 0.2) is 35.8 Å². The lowest BCUT2D eigenvalue weighted by Crippen LogP contribution is -2.52. The van der Waals surface area contributed by atoms with Gasteiger partial charge in [0, 0.05) is 62.0 Å². The van der Waals surface area contributed by atoms with Gasteiger partial charge in [-0.2, -0.15) is 0 Å². The van der Waals surface area contributed by atoms with Gasteiger partial charge in [-0.05, 0) is 19.2 Å². The van der Waals surface area contributed by atoms with Gasteiger partial charge in [-0.15, -0.1) is 11.3 Å². The van der Waals surface area contributed by atoms with Crippen LogP contribution in [0.3, 0.4) is 0 Å². The van der Waals surface area contributed by atoms with Crippen LogP contribution in [0.2, 0.25) is 0 Å². The van der Waals surface area contributed by atoms with E-state index in [1.165, 1.54) is 0 Å². The third kappa shape index (κ3) is 3.53. The van der Waals surface area contributed by atoms with E-state index in [1.54, 1.807) is 22.4 Å². The van der Waals surface area contributed by atoms with Gasteiger partial charge in [0.25, 0.3) is 5.91 Å². The Labute approximate surface area is 157 Å². The SMILES string of the molecule is CN1CCN(C2CN(C(=O)c3ccc(-c4nccs4)cc3)CC2O)CC1. The van der Waals surface area contributed by atoms with Crippen molar-refractivity contribution in [1.82, 2.24) is 19.7 Å². The first kappa shape index (κ1) is 17.6. The molecule has 1 aromatic heterocycles. The number of hydrogen-bond donors (Lipinski definition) is 1. The maximum atomic E-state index is 12.8. The highest BCUT2D eigenvalue weighted by Crippen LogP contribution is 2.24. The van der Waals surface area contributed by atoms with Crippen molar-refractivity contribution in [3.63, 3.8) is 0 Å². The molecular weight excluding hydrogens is 348 g/mol. The van der Waals surface area contributed by atoms with E-state index < -0.39 is 6.10 Å². The van der Waals surface area contributed by atoms with Crippen LogP contribution in [0.25, 0.3) is 10.6 Å². The zero-order valence-electron chi connectivity index (χ0n) is 14.9. The smallest absolute Gasteiger partial charge is 0.253 e. The molecule has 2 aromatic rings. The first-order valence-corrected chi connectivity index (χ1v) is 9.89. The molecule has 0 spiro atoms. The number of amides is 1. The highest BCUT2D eigenvalue weighted by Gasteiger charge is 2.38. The van der Waals surface area contributed by atoms with Crippen LogP contribution in [-0.2, 0) is 0 Å². The van der Waals surface area contributed by atoms with Crippen molar-refractivity contribution in [3.8, 4) is 10.6 Å². The fourth-order valence-electron chi connectivity index (χ4n) is 3.75. The minimum Gasteiger partial charge on any atom is -0.390 e. The average Bonchev–Trinajstić information content (AvgIpc) is 3.32. The van der Waals surface area contributed by atoms with Crippen LogP contribution < -0.4 is 0 Å². The minimum absolute atomic E-state index is 0.00799. The Morgan fingerprint density at radius 3 is 2.54 bits per heavy atom. The number of aliphatic hydroxyl groups excluding tert-OH is 1. The Morgan fingerprint density at radius 2 is 1.88 bits per heavy atom. The molecule has 6 nitrogen and oxygen atoms in total. The molecule has 1 amide bonds. The van der Waals surface area contributed by atoms with Gasteiger partial charge >= 0.3 is 0 Å². The summed E-state index contributed by atoms with van der Waals surface area (Å²) in [6.45, 7) is 4.92. The van der Waals surface area contributed by atoms with Crippen molar-refractivity contribution in [2.45, 2.75) is 12.1 Å². The molecule has 2 atom stereocenters. The van der Waals surface area contributed by atoms with Gasteiger partial charge in [0.15, 0.2) is 0 Å². The summed E-state index contributed by atoms with van der Waals surface area (Å²) >= 11 is 1.58. The van der Waals surface area contributed by atoms with Gasteiger partial charge in [0.05, 0.1) is 12.1 Å². The standard InChI is InChI=1S/C19H24N4O2S/c1-21-7-9-22(10-8-21)16-12-23(13-17(16)24)19(25)15-4-2-14(3-5-15)18-20-6-11-26-18/h2-6,11,16-17,24H,7-10,12-13H2,1H3. The van der Waals surface area contributed by atoms with E-state index in [0.717, 1.165) is 36.8 Å². The highest BCUT2D eigenvalue weighted by atomic mass is 32.1. The van der Waals surface area contributed by atoms with Gasteiger partial charge in [-0.3, -0.25) is 9.69 Å². The minimum atomic E-state index is -0.475. The van der Waals surface area contributed by atoms with E-state index in [-0.39, 0.29) is 11.9 Å². The Morgan fingerprint density at radius 1 is 1.15 bits per heavy atom. The van der Waals surface area contributed by atoms with Crippen molar-refractivity contribution in [2.75, 3.05) is 46.3 Å². The summed E-state index contributed by atoms with van der Waals surface area (Å²) in [5.74, 6) is -0.00799. The maximum Gasteiger partial charge on any atom is 0.253 e. The lowest BCUT2D eigenvalue weighted by atomic mass is 10.1. The summed E-state index contributed by atoms with van der Waals surface area (Å²) in [5, 5.41) is 13.4. The zero-order valence-corrected chi connectivity index (χ0v) is 15.7. The van der Waals surface area contributed by atoms with Crippen LogP contribution >= 0.6 is 11.3 Å². The molecule has 2 fully saturated rings. The van der Waals surface area contributed by atoms with E-state index in [0.29, 0.717) is 18.7 Å². The van der Waals surface area contributed by atoms with E-state index >= 15 is 0 Å². The van der Waals surface area contributed by atoms with Crippen LogP contribution in [0.4, 0.5) is 0 Å². The molecule has 1 aromatic carbocycles. The zero-order chi connectivity index (χ0) is 18.1. The fourth-order valence-corrected chi connectivity index (χ4v) is 4.40. The molecule has 3 heterocycles. The molecule has 0 saturated carbocycles. The number of hydrogen-bond acceptors (Lipinski definition) is 6. The molecule has 138 valence electrons. The average molecular weight is 372 g/mol. The molecule has 0 radical (unpaired) electrons. The number of aliphatic hydroxyl groups is 1. The monoisotopic (exact) mass is 372 g/mol. The second kappa shape index (κ2) is 7.44.